The van der Waals surface area contributed by atoms with E-state index in [9.17, 15) is 4.79 Å². The van der Waals surface area contributed by atoms with Gasteiger partial charge in [0.1, 0.15) is 5.82 Å². The zero-order valence-electron chi connectivity index (χ0n) is 11.2. The van der Waals surface area contributed by atoms with Crippen molar-refractivity contribution in [3.8, 4) is 0 Å². The van der Waals surface area contributed by atoms with E-state index < -0.39 is 5.97 Å². The first-order valence-electron chi connectivity index (χ1n) is 6.49. The van der Waals surface area contributed by atoms with E-state index in [-0.39, 0.29) is 5.92 Å². The highest BCUT2D eigenvalue weighted by Crippen LogP contribution is 2.24. The number of hydrogen-bond donors (Lipinski definition) is 2. The molecule has 1 fully saturated rings. The van der Waals surface area contributed by atoms with E-state index in [1.165, 1.54) is 0 Å². The number of aliphatic carboxylic acids is 1. The molecule has 20 heavy (non-hydrogen) atoms. The minimum atomic E-state index is -0.729. The predicted molar refractivity (Wildman–Crippen MR) is 73.3 cm³/mol. The second kappa shape index (κ2) is 4.62. The molecule has 8 nitrogen and oxygen atoms in total. The lowest BCUT2D eigenvalue weighted by Gasteiger charge is -2.30. The van der Waals surface area contributed by atoms with Crippen molar-refractivity contribution in [2.75, 3.05) is 23.7 Å². The van der Waals surface area contributed by atoms with Crippen LogP contribution in [-0.4, -0.2) is 43.9 Å². The van der Waals surface area contributed by atoms with Gasteiger partial charge in [-0.15, -0.1) is 0 Å². The Labute approximate surface area is 115 Å². The summed E-state index contributed by atoms with van der Waals surface area (Å²) in [4.78, 5) is 21.7. The van der Waals surface area contributed by atoms with Gasteiger partial charge in [-0.1, -0.05) is 0 Å². The van der Waals surface area contributed by atoms with Gasteiger partial charge in [0.25, 0.3) is 0 Å². The highest BCUT2D eigenvalue weighted by molar-refractivity contribution is 5.86. The van der Waals surface area contributed by atoms with Crippen molar-refractivity contribution >= 4 is 28.8 Å². The van der Waals surface area contributed by atoms with Crippen molar-refractivity contribution in [3.63, 3.8) is 0 Å². The summed E-state index contributed by atoms with van der Waals surface area (Å²) in [5, 5.41) is 13.9. The largest absolute Gasteiger partial charge is 0.481 e. The molecule has 1 saturated heterocycles. The normalized spacial score (nSPS) is 16.8. The van der Waals surface area contributed by atoms with Crippen molar-refractivity contribution in [2.45, 2.75) is 12.8 Å². The molecule has 106 valence electrons. The number of carbonyl (C=O) groups is 1. The molecule has 0 aliphatic carbocycles. The minimum Gasteiger partial charge on any atom is -0.481 e. The van der Waals surface area contributed by atoms with E-state index in [2.05, 4.69) is 15.1 Å². The van der Waals surface area contributed by atoms with E-state index in [0.29, 0.717) is 43.3 Å². The number of carboxylic acids is 1. The molecule has 0 atom stereocenters. The highest BCUT2D eigenvalue weighted by atomic mass is 16.4. The van der Waals surface area contributed by atoms with Gasteiger partial charge in [0, 0.05) is 20.1 Å². The van der Waals surface area contributed by atoms with Gasteiger partial charge in [-0.2, -0.15) is 15.1 Å². The quantitative estimate of drug-likeness (QED) is 0.808. The van der Waals surface area contributed by atoms with Gasteiger partial charge >= 0.3 is 5.97 Å². The van der Waals surface area contributed by atoms with Gasteiger partial charge in [-0.05, 0) is 12.8 Å². The lowest BCUT2D eigenvalue weighted by molar-refractivity contribution is -0.142. The number of aryl methyl sites for hydroxylation is 1. The summed E-state index contributed by atoms with van der Waals surface area (Å²) < 4.78 is 1.65. The fourth-order valence-corrected chi connectivity index (χ4v) is 2.50. The van der Waals surface area contributed by atoms with Crippen LogP contribution in [0.25, 0.3) is 11.0 Å². The summed E-state index contributed by atoms with van der Waals surface area (Å²) in [7, 11) is 1.80. The Kier molecular flexibility index (Phi) is 2.92. The Hall–Kier alpha value is -2.38. The van der Waals surface area contributed by atoms with E-state index >= 15 is 0 Å². The second-order valence-corrected chi connectivity index (χ2v) is 5.01. The van der Waals surface area contributed by atoms with Crippen LogP contribution in [0.5, 0.6) is 0 Å². The van der Waals surface area contributed by atoms with Gasteiger partial charge < -0.3 is 15.7 Å². The molecule has 3 rings (SSSR count). The molecule has 0 bridgehead atoms. The number of fused-ring (bicyclic) bond motifs is 1. The SMILES string of the molecule is Cn1ncc2c(N)nc(N3CCC(C(=O)O)CC3)nc21. The molecule has 0 radical (unpaired) electrons. The number of carboxylic acid groups (broad SMARTS) is 1. The molecule has 0 saturated carbocycles. The summed E-state index contributed by atoms with van der Waals surface area (Å²) in [5.41, 5.74) is 6.62. The Morgan fingerprint density at radius 3 is 2.75 bits per heavy atom. The highest BCUT2D eigenvalue weighted by Gasteiger charge is 2.26. The molecule has 3 heterocycles. The molecule has 3 N–H and O–H groups in total. The van der Waals surface area contributed by atoms with Crippen molar-refractivity contribution in [2.24, 2.45) is 13.0 Å². The fraction of sp³-hybridized carbons (Fsp3) is 0.500. The van der Waals surface area contributed by atoms with Crippen molar-refractivity contribution < 1.29 is 9.90 Å². The van der Waals surface area contributed by atoms with Gasteiger partial charge in [0.05, 0.1) is 17.5 Å². The molecule has 0 unspecified atom stereocenters. The summed E-state index contributed by atoms with van der Waals surface area (Å²) in [6.45, 7) is 1.25. The minimum absolute atomic E-state index is 0.274. The Balaban J connectivity index is 1.88. The van der Waals surface area contributed by atoms with Gasteiger partial charge in [0.15, 0.2) is 5.65 Å². The molecule has 0 aromatic carbocycles. The first-order chi connectivity index (χ1) is 9.56. The van der Waals surface area contributed by atoms with Crippen molar-refractivity contribution in [3.05, 3.63) is 6.20 Å². The van der Waals surface area contributed by atoms with Crippen LogP contribution in [-0.2, 0) is 11.8 Å². The van der Waals surface area contributed by atoms with Crippen LogP contribution in [0.15, 0.2) is 6.20 Å². The number of hydrogen-bond acceptors (Lipinski definition) is 6. The third-order valence-corrected chi connectivity index (χ3v) is 3.74. The number of nitrogen functional groups attached to an aromatic ring is 1. The van der Waals surface area contributed by atoms with Crippen LogP contribution in [0.3, 0.4) is 0 Å². The third kappa shape index (κ3) is 2.02. The zero-order valence-corrected chi connectivity index (χ0v) is 11.2. The number of anilines is 2. The third-order valence-electron chi connectivity index (χ3n) is 3.74. The smallest absolute Gasteiger partial charge is 0.306 e. The monoisotopic (exact) mass is 276 g/mol. The summed E-state index contributed by atoms with van der Waals surface area (Å²) >= 11 is 0. The van der Waals surface area contributed by atoms with Crippen LogP contribution in [0.1, 0.15) is 12.8 Å². The topological polar surface area (TPSA) is 110 Å². The van der Waals surface area contributed by atoms with Crippen molar-refractivity contribution in [1.82, 2.24) is 19.7 Å². The first kappa shape index (κ1) is 12.6. The second-order valence-electron chi connectivity index (χ2n) is 5.01. The number of piperidine rings is 1. The van der Waals surface area contributed by atoms with E-state index in [4.69, 9.17) is 10.8 Å². The first-order valence-corrected chi connectivity index (χ1v) is 6.49. The van der Waals surface area contributed by atoms with E-state index in [1.54, 1.807) is 17.9 Å². The summed E-state index contributed by atoms with van der Waals surface area (Å²) in [6.07, 6.45) is 2.84. The molecule has 0 spiro atoms. The number of rotatable bonds is 2. The maximum absolute atomic E-state index is 11.0. The van der Waals surface area contributed by atoms with Gasteiger partial charge in [0.2, 0.25) is 5.95 Å². The molecule has 8 heteroatoms. The van der Waals surface area contributed by atoms with Gasteiger partial charge in [-0.3, -0.25) is 9.48 Å². The summed E-state index contributed by atoms with van der Waals surface area (Å²) in [5.74, 6) is -0.0582. The average molecular weight is 276 g/mol. The maximum Gasteiger partial charge on any atom is 0.306 e. The Morgan fingerprint density at radius 1 is 1.40 bits per heavy atom. The summed E-state index contributed by atoms with van der Waals surface area (Å²) in [6, 6.07) is 0. The van der Waals surface area contributed by atoms with Crippen LogP contribution in [0, 0.1) is 5.92 Å². The van der Waals surface area contributed by atoms with Crippen LogP contribution in [0.4, 0.5) is 11.8 Å². The Morgan fingerprint density at radius 2 is 2.10 bits per heavy atom. The van der Waals surface area contributed by atoms with Crippen molar-refractivity contribution in [1.29, 1.82) is 0 Å². The van der Waals surface area contributed by atoms with Crippen LogP contribution >= 0.6 is 0 Å². The zero-order chi connectivity index (χ0) is 14.3. The number of aromatic nitrogens is 4. The number of nitrogens with zero attached hydrogens (tertiary/aromatic N) is 5. The van der Waals surface area contributed by atoms with E-state index in [1.807, 2.05) is 4.90 Å². The Bertz CT molecular complexity index is 659. The molecule has 2 aromatic rings. The predicted octanol–water partition coefficient (Wildman–Crippen LogP) is 0.246. The number of nitrogens with two attached hydrogens (primary N) is 1. The molecule has 0 amide bonds. The molecule has 2 aromatic heterocycles. The lowest BCUT2D eigenvalue weighted by atomic mass is 9.97. The van der Waals surface area contributed by atoms with E-state index in [0.717, 1.165) is 5.39 Å². The maximum atomic E-state index is 11.0. The lowest BCUT2D eigenvalue weighted by Crippen LogP contribution is -2.37. The standard InChI is InChI=1S/C12H16N6O2/c1-17-10-8(6-14-17)9(13)15-12(16-10)18-4-2-7(3-5-18)11(19)20/h6-7H,2-5H2,1H3,(H,19,20)(H2,13,15,16). The fourth-order valence-electron chi connectivity index (χ4n) is 2.50. The average Bonchev–Trinajstić information content (AvgIpc) is 2.81. The van der Waals surface area contributed by atoms with Crippen LogP contribution < -0.4 is 10.6 Å². The molecular weight excluding hydrogens is 260 g/mol. The van der Waals surface area contributed by atoms with Gasteiger partial charge in [-0.25, -0.2) is 0 Å². The molecule has 1 aliphatic heterocycles. The molecular formula is C12H16N6O2. The molecule has 1 aliphatic rings. The van der Waals surface area contributed by atoms with Crippen LogP contribution in [0.2, 0.25) is 0 Å².